The number of ether oxygens (including phenoxy) is 1. The number of urea groups is 1. The van der Waals surface area contributed by atoms with E-state index in [2.05, 4.69) is 35.3 Å². The minimum Gasteiger partial charge on any atom is -0.497 e. The second kappa shape index (κ2) is 10.3. The number of nitrogens with one attached hydrogen (secondary N) is 1. The van der Waals surface area contributed by atoms with E-state index < -0.39 is 26.6 Å². The van der Waals surface area contributed by atoms with Crippen LogP contribution in [0.25, 0.3) is 0 Å². The van der Waals surface area contributed by atoms with Crippen molar-refractivity contribution in [1.29, 1.82) is 0 Å². The fourth-order valence-corrected chi connectivity index (χ4v) is 7.31. The maximum Gasteiger partial charge on any atom is 0.323 e. The Balaban J connectivity index is 1.55. The second-order valence-corrected chi connectivity index (χ2v) is 12.0. The molecule has 0 bridgehead atoms. The molecule has 0 saturated carbocycles. The van der Waals surface area contributed by atoms with Gasteiger partial charge in [-0.25, -0.2) is 13.2 Å². The molecule has 1 N–H and O–H groups in total. The topological polar surface area (TPSA) is 99.3 Å². The molecule has 9 nitrogen and oxygen atoms in total. The summed E-state index contributed by atoms with van der Waals surface area (Å²) in [7, 11) is -2.99. The number of piperazine rings is 1. The number of rotatable bonds is 6. The summed E-state index contributed by atoms with van der Waals surface area (Å²) in [5.41, 5.74) is 3.70. The van der Waals surface area contributed by atoms with Crippen LogP contribution in [0.15, 0.2) is 77.7 Å². The van der Waals surface area contributed by atoms with E-state index in [1.165, 1.54) is 19.2 Å². The Morgan fingerprint density at radius 2 is 1.64 bits per heavy atom. The van der Waals surface area contributed by atoms with Crippen LogP contribution in [0.5, 0.6) is 5.75 Å². The van der Waals surface area contributed by atoms with Gasteiger partial charge in [-0.1, -0.05) is 36.4 Å². The fraction of sp³-hybridized carbons (Fsp3) is 0.310. The molecule has 1 unspecified atom stereocenters. The standard InChI is InChI=1S/C29H32N4O5S/c1-21-12-13-22(2)26(18-21)31-14-16-32(17-15-31)27(34)29(39(36,37)25-11-7-10-24(19-25)38-3)20-30-28(35)33(29)23-8-5-4-6-9-23/h4-13,18-19H,14-17,20H2,1-3H3,(H,30,35). The highest BCUT2D eigenvalue weighted by Gasteiger charge is 2.63. The van der Waals surface area contributed by atoms with E-state index in [4.69, 9.17) is 4.74 Å². The Bertz CT molecular complexity index is 1500. The van der Waals surface area contributed by atoms with Gasteiger partial charge in [-0.05, 0) is 61.4 Å². The number of hydrogen-bond donors (Lipinski definition) is 1. The van der Waals surface area contributed by atoms with Gasteiger partial charge in [0.1, 0.15) is 5.75 Å². The number of amides is 3. The molecule has 0 aliphatic carbocycles. The molecule has 2 fully saturated rings. The quantitative estimate of drug-likeness (QED) is 0.507. The van der Waals surface area contributed by atoms with Crippen LogP contribution in [0.2, 0.25) is 0 Å². The first-order valence-electron chi connectivity index (χ1n) is 12.8. The van der Waals surface area contributed by atoms with Gasteiger partial charge in [0.15, 0.2) is 0 Å². The summed E-state index contributed by atoms with van der Waals surface area (Å²) in [4.78, 5) is 30.3. The highest BCUT2D eigenvalue weighted by atomic mass is 32.2. The smallest absolute Gasteiger partial charge is 0.323 e. The van der Waals surface area contributed by atoms with E-state index in [0.29, 0.717) is 37.6 Å². The number of benzene rings is 3. The predicted octanol–water partition coefficient (Wildman–Crippen LogP) is 3.36. The number of aryl methyl sites for hydroxylation is 2. The van der Waals surface area contributed by atoms with Crippen LogP contribution in [-0.4, -0.2) is 70.0 Å². The Kier molecular flexibility index (Phi) is 6.98. The van der Waals surface area contributed by atoms with Crippen molar-refractivity contribution in [2.45, 2.75) is 23.6 Å². The molecule has 3 aromatic rings. The molecular formula is C29H32N4O5S. The Labute approximate surface area is 228 Å². The Hall–Kier alpha value is -4.05. The van der Waals surface area contributed by atoms with Crippen molar-refractivity contribution in [3.8, 4) is 5.75 Å². The summed E-state index contributed by atoms with van der Waals surface area (Å²) in [5.74, 6) is -0.294. The molecule has 2 saturated heterocycles. The van der Waals surface area contributed by atoms with Gasteiger partial charge in [0, 0.05) is 37.6 Å². The first-order valence-corrected chi connectivity index (χ1v) is 14.3. The summed E-state index contributed by atoms with van der Waals surface area (Å²) < 4.78 is 34.2. The first kappa shape index (κ1) is 26.6. The summed E-state index contributed by atoms with van der Waals surface area (Å²) in [6.45, 7) is 5.43. The van der Waals surface area contributed by atoms with Crippen LogP contribution in [0, 0.1) is 13.8 Å². The van der Waals surface area contributed by atoms with Gasteiger partial charge in [0.05, 0.1) is 18.6 Å². The maximum absolute atomic E-state index is 14.5. The Morgan fingerprint density at radius 3 is 2.33 bits per heavy atom. The van der Waals surface area contributed by atoms with Crippen molar-refractivity contribution in [1.82, 2.24) is 10.2 Å². The van der Waals surface area contributed by atoms with Gasteiger partial charge < -0.3 is 19.9 Å². The molecular weight excluding hydrogens is 516 g/mol. The van der Waals surface area contributed by atoms with Crippen LogP contribution < -0.4 is 19.9 Å². The maximum atomic E-state index is 14.5. The number of nitrogens with zero attached hydrogens (tertiary/aromatic N) is 3. The van der Waals surface area contributed by atoms with E-state index >= 15 is 0 Å². The summed E-state index contributed by atoms with van der Waals surface area (Å²) in [6, 6.07) is 20.1. The highest BCUT2D eigenvalue weighted by Crippen LogP contribution is 2.39. The van der Waals surface area contributed by atoms with E-state index in [9.17, 15) is 18.0 Å². The third-order valence-corrected chi connectivity index (χ3v) is 9.73. The molecule has 3 amide bonds. The number of sulfone groups is 1. The van der Waals surface area contributed by atoms with Crippen molar-refractivity contribution in [3.05, 3.63) is 83.9 Å². The SMILES string of the molecule is COc1cccc(S(=O)(=O)C2(C(=O)N3CCN(c4cc(C)ccc4C)CC3)CNC(=O)N2c2ccccc2)c1. The lowest BCUT2D eigenvalue weighted by Gasteiger charge is -2.42. The summed E-state index contributed by atoms with van der Waals surface area (Å²) in [6.07, 6.45) is 0. The van der Waals surface area contributed by atoms with Crippen molar-refractivity contribution >= 4 is 33.2 Å². The van der Waals surface area contributed by atoms with Crippen molar-refractivity contribution in [2.24, 2.45) is 0 Å². The average molecular weight is 549 g/mol. The monoisotopic (exact) mass is 548 g/mol. The van der Waals surface area contributed by atoms with Crippen molar-refractivity contribution in [2.75, 3.05) is 49.6 Å². The molecule has 1 atom stereocenters. The zero-order valence-electron chi connectivity index (χ0n) is 22.3. The van der Waals surface area contributed by atoms with Crippen LogP contribution in [0.4, 0.5) is 16.2 Å². The van der Waals surface area contributed by atoms with Crippen LogP contribution >= 0.6 is 0 Å². The number of anilines is 2. The molecule has 0 aromatic heterocycles. The Morgan fingerprint density at radius 1 is 0.923 bits per heavy atom. The lowest BCUT2D eigenvalue weighted by molar-refractivity contribution is -0.133. The van der Waals surface area contributed by atoms with Gasteiger partial charge in [0.25, 0.3) is 10.8 Å². The fourth-order valence-electron chi connectivity index (χ4n) is 5.34. The molecule has 204 valence electrons. The number of carbonyl (C=O) groups is 2. The number of para-hydroxylation sites is 1. The van der Waals surface area contributed by atoms with E-state index in [1.807, 2.05) is 6.92 Å². The molecule has 10 heteroatoms. The van der Waals surface area contributed by atoms with E-state index in [0.717, 1.165) is 21.7 Å². The molecule has 3 aromatic carbocycles. The van der Waals surface area contributed by atoms with Crippen LogP contribution in [-0.2, 0) is 14.6 Å². The number of methoxy groups -OCH3 is 1. The minimum atomic E-state index is -4.43. The second-order valence-electron chi connectivity index (χ2n) is 9.87. The molecule has 39 heavy (non-hydrogen) atoms. The van der Waals surface area contributed by atoms with E-state index in [-0.39, 0.29) is 11.4 Å². The molecule has 2 heterocycles. The number of carbonyl (C=O) groups excluding carboxylic acids is 2. The largest absolute Gasteiger partial charge is 0.497 e. The summed E-state index contributed by atoms with van der Waals surface area (Å²) in [5, 5.41) is 2.65. The molecule has 0 radical (unpaired) electrons. The zero-order valence-corrected chi connectivity index (χ0v) is 23.1. The third-order valence-electron chi connectivity index (χ3n) is 7.46. The van der Waals surface area contributed by atoms with Crippen molar-refractivity contribution < 1.29 is 22.7 Å². The first-order chi connectivity index (χ1) is 18.7. The van der Waals surface area contributed by atoms with Crippen LogP contribution in [0.1, 0.15) is 11.1 Å². The zero-order chi connectivity index (χ0) is 27.8. The summed E-state index contributed by atoms with van der Waals surface area (Å²) >= 11 is 0. The normalized spacial score (nSPS) is 19.7. The average Bonchev–Trinajstić information content (AvgIpc) is 3.33. The molecule has 5 rings (SSSR count). The van der Waals surface area contributed by atoms with Gasteiger partial charge in [-0.15, -0.1) is 0 Å². The highest BCUT2D eigenvalue weighted by molar-refractivity contribution is 7.93. The van der Waals surface area contributed by atoms with Crippen LogP contribution in [0.3, 0.4) is 0 Å². The van der Waals surface area contributed by atoms with Crippen molar-refractivity contribution in [3.63, 3.8) is 0 Å². The van der Waals surface area contributed by atoms with Gasteiger partial charge >= 0.3 is 6.03 Å². The van der Waals surface area contributed by atoms with Gasteiger partial charge in [-0.2, -0.15) is 0 Å². The van der Waals surface area contributed by atoms with Gasteiger partial charge in [-0.3, -0.25) is 9.69 Å². The van der Waals surface area contributed by atoms with E-state index in [1.54, 1.807) is 47.4 Å². The van der Waals surface area contributed by atoms with Gasteiger partial charge in [0.2, 0.25) is 9.84 Å². The molecule has 2 aliphatic rings. The lowest BCUT2D eigenvalue weighted by atomic mass is 10.1. The molecule has 2 aliphatic heterocycles. The third kappa shape index (κ3) is 4.48. The number of hydrogen-bond acceptors (Lipinski definition) is 6. The molecule has 0 spiro atoms. The predicted molar refractivity (Wildman–Crippen MR) is 150 cm³/mol. The lowest BCUT2D eigenvalue weighted by Crippen LogP contribution is -2.66. The minimum absolute atomic E-state index is 0.0957.